The van der Waals surface area contributed by atoms with E-state index >= 15 is 0 Å². The summed E-state index contributed by atoms with van der Waals surface area (Å²) < 4.78 is 7.83. The van der Waals surface area contributed by atoms with Crippen LogP contribution in [0.1, 0.15) is 0 Å². The Bertz CT molecular complexity index is 1410. The number of nitrogens with one attached hydrogen (secondary N) is 1. The van der Waals surface area contributed by atoms with E-state index in [1.165, 1.54) is 5.39 Å². The van der Waals surface area contributed by atoms with Gasteiger partial charge < -0.3 is 9.40 Å². The quantitative estimate of drug-likeness (QED) is 0.422. The maximum atomic E-state index is 5.60. The molecule has 0 unspecified atom stereocenters. The summed E-state index contributed by atoms with van der Waals surface area (Å²) >= 11 is 0. The van der Waals surface area contributed by atoms with Gasteiger partial charge in [-0.1, -0.05) is 24.3 Å². The number of pyridine rings is 1. The predicted molar refractivity (Wildman–Crippen MR) is 108 cm³/mol. The van der Waals surface area contributed by atoms with E-state index in [-0.39, 0.29) is 0 Å². The Morgan fingerprint density at radius 3 is 2.63 bits per heavy atom. The van der Waals surface area contributed by atoms with E-state index < -0.39 is 0 Å². The molecule has 4 heterocycles. The first kappa shape index (κ1) is 14.4. The standard InChI is InChI=1S/C23H15N3O/c1-2-7-19-16(6-1)22-23(26(19)21-9-3-4-12-24-21)17-14-15(10-11-18(17)25-22)20-8-5-13-27-20/h1-14,25H. The van der Waals surface area contributed by atoms with Crippen LogP contribution in [0.15, 0.2) is 89.7 Å². The third-order valence-electron chi connectivity index (χ3n) is 5.09. The topological polar surface area (TPSA) is 46.8 Å². The van der Waals surface area contributed by atoms with Gasteiger partial charge in [0.05, 0.1) is 22.8 Å². The predicted octanol–water partition coefficient (Wildman–Crippen LogP) is 5.92. The van der Waals surface area contributed by atoms with Crippen molar-refractivity contribution in [1.29, 1.82) is 0 Å². The van der Waals surface area contributed by atoms with Gasteiger partial charge in [-0.25, -0.2) is 4.98 Å². The second kappa shape index (κ2) is 5.35. The fourth-order valence-corrected chi connectivity index (χ4v) is 3.93. The average molecular weight is 349 g/mol. The Balaban J connectivity index is 1.79. The van der Waals surface area contributed by atoms with Crippen LogP contribution in [0.2, 0.25) is 0 Å². The summed E-state index contributed by atoms with van der Waals surface area (Å²) in [6.45, 7) is 0. The molecule has 0 aliphatic carbocycles. The molecule has 0 fully saturated rings. The second-order valence-corrected chi connectivity index (χ2v) is 6.63. The molecule has 4 aromatic heterocycles. The molecular weight excluding hydrogens is 334 g/mol. The molecule has 0 amide bonds. The number of furan rings is 1. The van der Waals surface area contributed by atoms with Gasteiger partial charge in [0, 0.05) is 28.0 Å². The molecule has 0 saturated carbocycles. The first-order valence-electron chi connectivity index (χ1n) is 8.90. The third kappa shape index (κ3) is 2.01. The molecule has 0 aliphatic heterocycles. The average Bonchev–Trinajstić information content (AvgIpc) is 3.43. The van der Waals surface area contributed by atoms with Crippen LogP contribution in [-0.2, 0) is 0 Å². The molecule has 0 radical (unpaired) electrons. The van der Waals surface area contributed by atoms with Gasteiger partial charge in [0.1, 0.15) is 11.6 Å². The van der Waals surface area contributed by atoms with Gasteiger partial charge in [0.2, 0.25) is 0 Å². The zero-order valence-corrected chi connectivity index (χ0v) is 14.4. The maximum Gasteiger partial charge on any atom is 0.137 e. The van der Waals surface area contributed by atoms with Gasteiger partial charge in [0.15, 0.2) is 0 Å². The summed E-state index contributed by atoms with van der Waals surface area (Å²) in [6, 6.07) is 24.7. The minimum atomic E-state index is 0.867. The Hall–Kier alpha value is -3.79. The molecule has 27 heavy (non-hydrogen) atoms. The minimum absolute atomic E-state index is 0.867. The highest BCUT2D eigenvalue weighted by Crippen LogP contribution is 2.37. The highest BCUT2D eigenvalue weighted by molar-refractivity contribution is 6.18. The molecule has 4 nitrogen and oxygen atoms in total. The first-order chi connectivity index (χ1) is 13.4. The number of aromatic amines is 1. The van der Waals surface area contributed by atoms with E-state index in [2.05, 4.69) is 57.0 Å². The van der Waals surface area contributed by atoms with Gasteiger partial charge in [-0.3, -0.25) is 4.57 Å². The number of H-pyrrole nitrogens is 1. The summed E-state index contributed by atoms with van der Waals surface area (Å²) in [5.74, 6) is 1.78. The highest BCUT2D eigenvalue weighted by atomic mass is 16.3. The zero-order valence-electron chi connectivity index (χ0n) is 14.4. The van der Waals surface area contributed by atoms with Crippen LogP contribution in [-0.4, -0.2) is 14.5 Å². The number of fused-ring (bicyclic) bond motifs is 5. The molecule has 1 N–H and O–H groups in total. The van der Waals surface area contributed by atoms with Crippen molar-refractivity contribution in [3.05, 3.63) is 85.3 Å². The lowest BCUT2D eigenvalue weighted by atomic mass is 10.1. The largest absolute Gasteiger partial charge is 0.464 e. The lowest BCUT2D eigenvalue weighted by Gasteiger charge is -2.06. The van der Waals surface area contributed by atoms with Crippen LogP contribution in [0.5, 0.6) is 0 Å². The van der Waals surface area contributed by atoms with Crippen molar-refractivity contribution in [2.75, 3.05) is 0 Å². The van der Waals surface area contributed by atoms with Gasteiger partial charge in [-0.2, -0.15) is 0 Å². The van der Waals surface area contributed by atoms with Gasteiger partial charge >= 0.3 is 0 Å². The Morgan fingerprint density at radius 1 is 0.852 bits per heavy atom. The van der Waals surface area contributed by atoms with Crippen LogP contribution >= 0.6 is 0 Å². The van der Waals surface area contributed by atoms with Crippen molar-refractivity contribution in [3.63, 3.8) is 0 Å². The second-order valence-electron chi connectivity index (χ2n) is 6.63. The van der Waals surface area contributed by atoms with Crippen molar-refractivity contribution in [3.8, 4) is 17.1 Å². The summed E-state index contributed by atoms with van der Waals surface area (Å²) in [5.41, 5.74) is 5.57. The van der Waals surface area contributed by atoms with Crippen LogP contribution < -0.4 is 0 Å². The molecule has 6 rings (SSSR count). The number of benzene rings is 2. The molecule has 0 bridgehead atoms. The lowest BCUT2D eigenvalue weighted by molar-refractivity contribution is 0.582. The van der Waals surface area contributed by atoms with Crippen LogP contribution in [0.3, 0.4) is 0 Å². The number of aromatic nitrogens is 3. The molecule has 128 valence electrons. The summed E-state index contributed by atoms with van der Waals surface area (Å²) in [4.78, 5) is 8.22. The molecule has 0 saturated heterocycles. The monoisotopic (exact) mass is 349 g/mol. The van der Waals surface area contributed by atoms with Gasteiger partial charge in [-0.05, 0) is 48.5 Å². The first-order valence-corrected chi connectivity index (χ1v) is 8.90. The van der Waals surface area contributed by atoms with Crippen molar-refractivity contribution in [2.45, 2.75) is 0 Å². The van der Waals surface area contributed by atoms with E-state index in [1.54, 1.807) is 6.26 Å². The van der Waals surface area contributed by atoms with Crippen LogP contribution in [0.25, 0.3) is 50.0 Å². The molecule has 0 aliphatic rings. The Morgan fingerprint density at radius 2 is 1.78 bits per heavy atom. The van der Waals surface area contributed by atoms with Crippen molar-refractivity contribution in [1.82, 2.24) is 14.5 Å². The summed E-state index contributed by atoms with van der Waals surface area (Å²) in [5, 5.41) is 2.34. The summed E-state index contributed by atoms with van der Waals surface area (Å²) in [6.07, 6.45) is 3.54. The van der Waals surface area contributed by atoms with E-state index in [1.807, 2.05) is 36.5 Å². The SMILES string of the molecule is c1ccc(-n2c3ccccc3c3[nH]c4ccc(-c5ccco5)cc4c32)nc1. The smallest absolute Gasteiger partial charge is 0.137 e. The third-order valence-corrected chi connectivity index (χ3v) is 5.09. The number of nitrogens with zero attached hydrogens (tertiary/aromatic N) is 2. The van der Waals surface area contributed by atoms with E-state index in [4.69, 9.17) is 4.42 Å². The van der Waals surface area contributed by atoms with Crippen LogP contribution in [0, 0.1) is 0 Å². The summed E-state index contributed by atoms with van der Waals surface area (Å²) in [7, 11) is 0. The molecular formula is C23H15N3O. The normalized spacial score (nSPS) is 11.7. The highest BCUT2D eigenvalue weighted by Gasteiger charge is 2.18. The number of rotatable bonds is 2. The molecule has 2 aromatic carbocycles. The number of hydrogen-bond donors (Lipinski definition) is 1. The minimum Gasteiger partial charge on any atom is -0.464 e. The van der Waals surface area contributed by atoms with Gasteiger partial charge in [0.25, 0.3) is 0 Å². The molecule has 4 heteroatoms. The fourth-order valence-electron chi connectivity index (χ4n) is 3.93. The van der Waals surface area contributed by atoms with Crippen molar-refractivity contribution in [2.24, 2.45) is 0 Å². The van der Waals surface area contributed by atoms with E-state index in [9.17, 15) is 0 Å². The van der Waals surface area contributed by atoms with Crippen molar-refractivity contribution >= 4 is 32.8 Å². The molecule has 0 atom stereocenters. The maximum absolute atomic E-state index is 5.60. The molecule has 6 aromatic rings. The molecule has 0 spiro atoms. The van der Waals surface area contributed by atoms with Gasteiger partial charge in [-0.15, -0.1) is 0 Å². The lowest BCUT2D eigenvalue weighted by Crippen LogP contribution is -1.96. The number of hydrogen-bond acceptors (Lipinski definition) is 2. The van der Waals surface area contributed by atoms with E-state index in [0.29, 0.717) is 0 Å². The van der Waals surface area contributed by atoms with Crippen LogP contribution in [0.4, 0.5) is 0 Å². The van der Waals surface area contributed by atoms with E-state index in [0.717, 1.165) is 44.6 Å². The van der Waals surface area contributed by atoms with Crippen molar-refractivity contribution < 1.29 is 4.42 Å². The fraction of sp³-hybridized carbons (Fsp3) is 0. The number of para-hydroxylation sites is 1. The Labute approximate surface area is 154 Å². The zero-order chi connectivity index (χ0) is 17.8. The Kier molecular flexibility index (Phi) is 2.85.